The molecule has 0 aromatic heterocycles. The lowest BCUT2D eigenvalue weighted by Crippen LogP contribution is -2.29. The van der Waals surface area contributed by atoms with Gasteiger partial charge in [0.15, 0.2) is 11.6 Å². The normalized spacial score (nSPS) is 15.8. The molecule has 0 amide bonds. The summed E-state index contributed by atoms with van der Waals surface area (Å²) >= 11 is 0. The van der Waals surface area contributed by atoms with Crippen LogP contribution in [0.4, 0.5) is 8.78 Å². The van der Waals surface area contributed by atoms with E-state index in [9.17, 15) is 8.78 Å². The van der Waals surface area contributed by atoms with Crippen molar-refractivity contribution in [3.05, 3.63) is 65.2 Å². The number of halogens is 2. The second kappa shape index (κ2) is 5.79. The van der Waals surface area contributed by atoms with E-state index >= 15 is 0 Å². The molecule has 0 heterocycles. The van der Waals surface area contributed by atoms with Gasteiger partial charge in [0, 0.05) is 0 Å². The second-order valence-corrected chi connectivity index (χ2v) is 5.16. The Labute approximate surface area is 121 Å². The van der Waals surface area contributed by atoms with E-state index in [2.05, 4.69) is 5.43 Å². The van der Waals surface area contributed by atoms with Gasteiger partial charge in [-0.3, -0.25) is 5.84 Å². The van der Waals surface area contributed by atoms with Gasteiger partial charge in [-0.2, -0.15) is 0 Å². The van der Waals surface area contributed by atoms with E-state index in [0.29, 0.717) is 11.7 Å². The average molecular weight is 290 g/mol. The molecule has 1 aliphatic rings. The van der Waals surface area contributed by atoms with Gasteiger partial charge in [-0.25, -0.2) is 14.2 Å². The van der Waals surface area contributed by atoms with Crippen molar-refractivity contribution in [2.45, 2.75) is 25.0 Å². The first kappa shape index (κ1) is 14.0. The smallest absolute Gasteiger partial charge is 0.159 e. The Bertz CT molecular complexity index is 644. The van der Waals surface area contributed by atoms with Crippen LogP contribution < -0.4 is 16.0 Å². The minimum absolute atomic E-state index is 0.299. The molecule has 2 aromatic carbocycles. The quantitative estimate of drug-likeness (QED) is 0.657. The number of benzene rings is 2. The predicted molar refractivity (Wildman–Crippen MR) is 75.6 cm³/mol. The number of nitrogens with two attached hydrogens (primary N) is 1. The monoisotopic (exact) mass is 290 g/mol. The van der Waals surface area contributed by atoms with Crippen molar-refractivity contribution in [1.82, 2.24) is 5.43 Å². The summed E-state index contributed by atoms with van der Waals surface area (Å²) < 4.78 is 32.2. The van der Waals surface area contributed by atoms with Crippen molar-refractivity contribution in [3.8, 4) is 5.75 Å². The van der Waals surface area contributed by atoms with Crippen LogP contribution in [0.1, 0.15) is 30.0 Å². The molecular formula is C16H16F2N2O. The zero-order valence-electron chi connectivity index (χ0n) is 11.4. The molecule has 1 aliphatic carbocycles. The number of hydrogen-bond donors (Lipinski definition) is 2. The molecule has 3 rings (SSSR count). The SMILES string of the molecule is NNC(c1cccc(OC2CC2)c1)c1ccc(F)c(F)c1. The van der Waals surface area contributed by atoms with E-state index in [1.54, 1.807) is 0 Å². The van der Waals surface area contributed by atoms with Gasteiger partial charge in [-0.1, -0.05) is 18.2 Å². The highest BCUT2D eigenvalue weighted by molar-refractivity contribution is 5.37. The van der Waals surface area contributed by atoms with Crippen LogP contribution in [0, 0.1) is 11.6 Å². The molecule has 3 nitrogen and oxygen atoms in total. The molecular weight excluding hydrogens is 274 g/mol. The number of hydrogen-bond acceptors (Lipinski definition) is 3. The molecule has 1 unspecified atom stereocenters. The molecule has 1 fully saturated rings. The molecule has 2 aromatic rings. The standard InChI is InChI=1S/C16H16F2N2O/c17-14-7-4-11(9-15(14)18)16(20-19)10-2-1-3-13(8-10)21-12-5-6-12/h1-4,7-9,12,16,20H,5-6,19H2. The third-order valence-corrected chi connectivity index (χ3v) is 3.46. The van der Waals surface area contributed by atoms with Crippen LogP contribution >= 0.6 is 0 Å². The summed E-state index contributed by atoms with van der Waals surface area (Å²) in [4.78, 5) is 0. The van der Waals surface area contributed by atoms with Crippen LogP contribution in [-0.2, 0) is 0 Å². The zero-order chi connectivity index (χ0) is 14.8. The van der Waals surface area contributed by atoms with E-state index in [-0.39, 0.29) is 0 Å². The molecule has 110 valence electrons. The molecule has 0 saturated heterocycles. The maximum atomic E-state index is 13.4. The van der Waals surface area contributed by atoms with Gasteiger partial charge >= 0.3 is 0 Å². The minimum Gasteiger partial charge on any atom is -0.490 e. The summed E-state index contributed by atoms with van der Waals surface area (Å²) in [5, 5.41) is 0. The molecule has 0 radical (unpaired) electrons. The van der Waals surface area contributed by atoms with Crippen LogP contribution in [0.3, 0.4) is 0 Å². The highest BCUT2D eigenvalue weighted by Crippen LogP contribution is 2.30. The van der Waals surface area contributed by atoms with Crippen LogP contribution in [-0.4, -0.2) is 6.10 Å². The molecule has 0 aliphatic heterocycles. The Morgan fingerprint density at radius 3 is 2.48 bits per heavy atom. The first-order chi connectivity index (χ1) is 10.2. The summed E-state index contributed by atoms with van der Waals surface area (Å²) in [6.07, 6.45) is 2.45. The molecule has 1 saturated carbocycles. The fourth-order valence-electron chi connectivity index (χ4n) is 2.22. The summed E-state index contributed by atoms with van der Waals surface area (Å²) in [5.41, 5.74) is 4.02. The van der Waals surface area contributed by atoms with Crippen LogP contribution in [0.25, 0.3) is 0 Å². The molecule has 5 heteroatoms. The number of hydrazine groups is 1. The Hall–Kier alpha value is -1.98. The maximum absolute atomic E-state index is 13.4. The lowest BCUT2D eigenvalue weighted by molar-refractivity contribution is 0.302. The van der Waals surface area contributed by atoms with E-state index in [1.807, 2.05) is 24.3 Å². The fourth-order valence-corrected chi connectivity index (χ4v) is 2.22. The molecule has 1 atom stereocenters. The zero-order valence-corrected chi connectivity index (χ0v) is 11.4. The maximum Gasteiger partial charge on any atom is 0.159 e. The van der Waals surface area contributed by atoms with Crippen molar-refractivity contribution < 1.29 is 13.5 Å². The number of rotatable bonds is 5. The van der Waals surface area contributed by atoms with Crippen LogP contribution in [0.2, 0.25) is 0 Å². The van der Waals surface area contributed by atoms with E-state index < -0.39 is 17.7 Å². The fraction of sp³-hybridized carbons (Fsp3) is 0.250. The van der Waals surface area contributed by atoms with Crippen molar-refractivity contribution >= 4 is 0 Å². The highest BCUT2D eigenvalue weighted by atomic mass is 19.2. The second-order valence-electron chi connectivity index (χ2n) is 5.16. The summed E-state index contributed by atoms with van der Waals surface area (Å²) in [6, 6.07) is 10.8. The van der Waals surface area contributed by atoms with Gasteiger partial charge in [0.2, 0.25) is 0 Å². The summed E-state index contributed by atoms with van der Waals surface area (Å²) in [6.45, 7) is 0. The number of nitrogens with one attached hydrogen (secondary N) is 1. The molecule has 0 bridgehead atoms. The van der Waals surface area contributed by atoms with Crippen LogP contribution in [0.5, 0.6) is 5.75 Å². The van der Waals surface area contributed by atoms with Crippen molar-refractivity contribution in [2.24, 2.45) is 5.84 Å². The van der Waals surface area contributed by atoms with E-state index in [4.69, 9.17) is 10.6 Å². The molecule has 0 spiro atoms. The van der Waals surface area contributed by atoms with Crippen molar-refractivity contribution in [2.75, 3.05) is 0 Å². The van der Waals surface area contributed by atoms with Crippen LogP contribution in [0.15, 0.2) is 42.5 Å². The lowest BCUT2D eigenvalue weighted by Gasteiger charge is -2.18. The first-order valence-corrected chi connectivity index (χ1v) is 6.85. The third kappa shape index (κ3) is 3.20. The topological polar surface area (TPSA) is 47.3 Å². The van der Waals surface area contributed by atoms with Gasteiger partial charge in [-0.15, -0.1) is 0 Å². The Balaban J connectivity index is 1.89. The Kier molecular flexibility index (Phi) is 3.86. The minimum atomic E-state index is -0.891. The number of ether oxygens (including phenoxy) is 1. The molecule has 21 heavy (non-hydrogen) atoms. The largest absolute Gasteiger partial charge is 0.490 e. The van der Waals surface area contributed by atoms with E-state index in [0.717, 1.165) is 36.3 Å². The van der Waals surface area contributed by atoms with Gasteiger partial charge in [0.25, 0.3) is 0 Å². The van der Waals surface area contributed by atoms with E-state index in [1.165, 1.54) is 6.07 Å². The van der Waals surface area contributed by atoms with Gasteiger partial charge in [0.05, 0.1) is 12.1 Å². The van der Waals surface area contributed by atoms with Gasteiger partial charge in [-0.05, 0) is 48.2 Å². The Morgan fingerprint density at radius 2 is 1.81 bits per heavy atom. The van der Waals surface area contributed by atoms with Crippen molar-refractivity contribution in [3.63, 3.8) is 0 Å². The summed E-state index contributed by atoms with van der Waals surface area (Å²) in [7, 11) is 0. The molecule has 3 N–H and O–H groups in total. The summed E-state index contributed by atoms with van der Waals surface area (Å²) in [5.74, 6) is 4.58. The Morgan fingerprint density at radius 1 is 1.05 bits per heavy atom. The first-order valence-electron chi connectivity index (χ1n) is 6.85. The predicted octanol–water partition coefficient (Wildman–Crippen LogP) is 3.06. The van der Waals surface area contributed by atoms with Crippen molar-refractivity contribution in [1.29, 1.82) is 0 Å². The third-order valence-electron chi connectivity index (χ3n) is 3.46. The van der Waals surface area contributed by atoms with Gasteiger partial charge < -0.3 is 4.74 Å². The highest BCUT2D eigenvalue weighted by Gasteiger charge is 2.24. The lowest BCUT2D eigenvalue weighted by atomic mass is 9.99. The average Bonchev–Trinajstić information content (AvgIpc) is 3.28. The van der Waals surface area contributed by atoms with Gasteiger partial charge in [0.1, 0.15) is 5.75 Å².